The molecule has 0 aromatic heterocycles. The van der Waals surface area contributed by atoms with E-state index in [9.17, 15) is 13.2 Å². The summed E-state index contributed by atoms with van der Waals surface area (Å²) in [7, 11) is 1.48. The summed E-state index contributed by atoms with van der Waals surface area (Å²) in [6.45, 7) is 0.202. The van der Waals surface area contributed by atoms with Crippen LogP contribution in [0.25, 0.3) is 11.1 Å². The van der Waals surface area contributed by atoms with Gasteiger partial charge in [-0.2, -0.15) is 0 Å². The zero-order chi connectivity index (χ0) is 19.7. The predicted molar refractivity (Wildman–Crippen MR) is 108 cm³/mol. The first-order valence-electron chi connectivity index (χ1n) is 8.60. The van der Waals surface area contributed by atoms with E-state index >= 15 is 0 Å². The summed E-state index contributed by atoms with van der Waals surface area (Å²) in [5.74, 6) is -0.0260. The molecule has 0 radical (unpaired) electrons. The number of nitrogens with one attached hydrogen (secondary N) is 1. The maximum atomic E-state index is 12.2. The van der Waals surface area contributed by atoms with Crippen molar-refractivity contribution in [2.75, 3.05) is 11.9 Å². The van der Waals surface area contributed by atoms with E-state index in [1.807, 2.05) is 36.4 Å². The molecule has 0 aliphatic heterocycles. The van der Waals surface area contributed by atoms with E-state index in [-0.39, 0.29) is 17.4 Å². The van der Waals surface area contributed by atoms with Crippen molar-refractivity contribution >= 4 is 31.5 Å². The number of fused-ring (bicyclic) bond motifs is 3. The largest absolute Gasteiger partial charge is 0.448 e. The molecule has 3 aromatic carbocycles. The van der Waals surface area contributed by atoms with E-state index in [2.05, 4.69) is 17.4 Å². The van der Waals surface area contributed by atoms with Crippen molar-refractivity contribution in [1.82, 2.24) is 0 Å². The van der Waals surface area contributed by atoms with Gasteiger partial charge in [0.05, 0.1) is 4.90 Å². The van der Waals surface area contributed by atoms with Crippen LogP contribution >= 0.6 is 10.7 Å². The van der Waals surface area contributed by atoms with E-state index in [0.717, 1.165) is 22.3 Å². The summed E-state index contributed by atoms with van der Waals surface area (Å²) in [5.41, 5.74) is 5.00. The normalized spacial score (nSPS) is 12.9. The van der Waals surface area contributed by atoms with Crippen molar-refractivity contribution in [2.45, 2.75) is 10.8 Å². The molecule has 28 heavy (non-hydrogen) atoms. The molecule has 0 saturated carbocycles. The maximum Gasteiger partial charge on any atom is 0.411 e. The highest BCUT2D eigenvalue weighted by Crippen LogP contribution is 2.44. The molecule has 1 aliphatic carbocycles. The fraction of sp³-hybridized carbons (Fsp3) is 0.0952. The summed E-state index contributed by atoms with van der Waals surface area (Å²) in [5, 5.41) is 2.59. The van der Waals surface area contributed by atoms with E-state index in [1.165, 1.54) is 24.3 Å². The topological polar surface area (TPSA) is 72.5 Å². The number of hydrogen-bond donors (Lipinski definition) is 1. The number of rotatable bonds is 4. The number of benzene rings is 3. The van der Waals surface area contributed by atoms with Crippen LogP contribution in [-0.4, -0.2) is 21.1 Å². The van der Waals surface area contributed by atoms with Crippen LogP contribution in [0, 0.1) is 0 Å². The minimum Gasteiger partial charge on any atom is -0.448 e. The number of hydrogen-bond acceptors (Lipinski definition) is 4. The lowest BCUT2D eigenvalue weighted by Crippen LogP contribution is -2.17. The third-order valence-electron chi connectivity index (χ3n) is 4.73. The van der Waals surface area contributed by atoms with Crippen molar-refractivity contribution in [3.63, 3.8) is 0 Å². The van der Waals surface area contributed by atoms with Crippen LogP contribution < -0.4 is 5.32 Å². The summed E-state index contributed by atoms with van der Waals surface area (Å²) in [4.78, 5) is 12.2. The lowest BCUT2D eigenvalue weighted by molar-refractivity contribution is 0.158. The predicted octanol–water partition coefficient (Wildman–Crippen LogP) is 4.98. The lowest BCUT2D eigenvalue weighted by Gasteiger charge is -2.14. The molecule has 0 fully saturated rings. The number of ether oxygens (including phenoxy) is 1. The van der Waals surface area contributed by atoms with Crippen LogP contribution in [0.5, 0.6) is 0 Å². The second-order valence-corrected chi connectivity index (χ2v) is 8.98. The van der Waals surface area contributed by atoms with E-state index < -0.39 is 15.1 Å². The summed E-state index contributed by atoms with van der Waals surface area (Å²) in [6.07, 6.45) is -0.608. The quantitative estimate of drug-likeness (QED) is 0.612. The van der Waals surface area contributed by atoms with Crippen molar-refractivity contribution in [3.8, 4) is 11.1 Å². The maximum absolute atomic E-state index is 12.2. The van der Waals surface area contributed by atoms with Crippen LogP contribution in [0.4, 0.5) is 10.5 Å². The Kier molecular flexibility index (Phi) is 4.83. The minimum atomic E-state index is -3.80. The van der Waals surface area contributed by atoms with Crippen LogP contribution in [0.15, 0.2) is 77.7 Å². The first kappa shape index (κ1) is 18.5. The van der Waals surface area contributed by atoms with Crippen LogP contribution in [0.1, 0.15) is 17.0 Å². The van der Waals surface area contributed by atoms with E-state index in [0.29, 0.717) is 5.69 Å². The third-order valence-corrected chi connectivity index (χ3v) is 6.10. The van der Waals surface area contributed by atoms with E-state index in [4.69, 9.17) is 15.4 Å². The second-order valence-electron chi connectivity index (χ2n) is 6.41. The molecule has 3 aromatic rings. The van der Waals surface area contributed by atoms with Gasteiger partial charge in [0.2, 0.25) is 0 Å². The smallest absolute Gasteiger partial charge is 0.411 e. The van der Waals surface area contributed by atoms with Gasteiger partial charge in [0.1, 0.15) is 6.61 Å². The number of carbonyl (C=O) groups is 1. The number of amides is 1. The van der Waals surface area contributed by atoms with Gasteiger partial charge in [-0.15, -0.1) is 0 Å². The Balaban J connectivity index is 1.45. The number of halogens is 1. The molecular weight excluding hydrogens is 398 g/mol. The van der Waals surface area contributed by atoms with Gasteiger partial charge in [0, 0.05) is 22.3 Å². The van der Waals surface area contributed by atoms with Gasteiger partial charge in [-0.1, -0.05) is 48.5 Å². The monoisotopic (exact) mass is 413 g/mol. The molecule has 0 spiro atoms. The Bertz CT molecular complexity index is 1100. The van der Waals surface area contributed by atoms with Crippen LogP contribution in [0.3, 0.4) is 0 Å². The highest BCUT2D eigenvalue weighted by molar-refractivity contribution is 8.13. The van der Waals surface area contributed by atoms with E-state index in [1.54, 1.807) is 0 Å². The molecular formula is C21H16ClNO4S. The number of anilines is 1. The second kappa shape index (κ2) is 7.30. The highest BCUT2D eigenvalue weighted by atomic mass is 35.7. The average Bonchev–Trinajstić information content (AvgIpc) is 3.00. The molecule has 1 aliphatic rings. The van der Waals surface area contributed by atoms with Crippen molar-refractivity contribution in [2.24, 2.45) is 0 Å². The van der Waals surface area contributed by atoms with Crippen molar-refractivity contribution in [3.05, 3.63) is 83.9 Å². The van der Waals surface area contributed by atoms with Crippen molar-refractivity contribution in [1.29, 1.82) is 0 Å². The summed E-state index contributed by atoms with van der Waals surface area (Å²) >= 11 is 0. The standard InChI is InChI=1S/C21H16ClNO4S/c22-28(25,26)15-11-9-14(10-12-15)23-21(24)27-13-20-18-7-3-1-5-16(18)17-6-2-4-8-19(17)20/h1-12,20H,13H2,(H,23,24). The fourth-order valence-corrected chi connectivity index (χ4v) is 4.22. The highest BCUT2D eigenvalue weighted by Gasteiger charge is 2.29. The summed E-state index contributed by atoms with van der Waals surface area (Å²) in [6, 6.07) is 21.7. The molecule has 142 valence electrons. The summed E-state index contributed by atoms with van der Waals surface area (Å²) < 4.78 is 28.0. The fourth-order valence-electron chi connectivity index (χ4n) is 3.45. The molecule has 5 nitrogen and oxygen atoms in total. The molecule has 0 unspecified atom stereocenters. The Labute approximate surface area is 167 Å². The molecule has 4 rings (SSSR count). The molecule has 1 amide bonds. The molecule has 7 heteroatoms. The Morgan fingerprint density at radius 3 is 1.96 bits per heavy atom. The zero-order valence-electron chi connectivity index (χ0n) is 14.6. The SMILES string of the molecule is O=C(Nc1ccc(S(=O)(=O)Cl)cc1)OCC1c2ccccc2-c2ccccc21. The molecule has 0 atom stereocenters. The molecule has 0 saturated heterocycles. The zero-order valence-corrected chi connectivity index (χ0v) is 16.2. The Morgan fingerprint density at radius 1 is 0.893 bits per heavy atom. The van der Waals surface area contributed by atoms with Crippen molar-refractivity contribution < 1.29 is 17.9 Å². The van der Waals surface area contributed by atoms with Gasteiger partial charge >= 0.3 is 6.09 Å². The average molecular weight is 414 g/mol. The number of carbonyl (C=O) groups excluding carboxylic acids is 1. The van der Waals surface area contributed by atoms with Gasteiger partial charge in [-0.25, -0.2) is 13.2 Å². The van der Waals surface area contributed by atoms with Gasteiger partial charge in [0.25, 0.3) is 9.05 Å². The van der Waals surface area contributed by atoms with Gasteiger partial charge in [-0.05, 0) is 46.5 Å². The molecule has 0 heterocycles. The first-order valence-corrected chi connectivity index (χ1v) is 10.9. The lowest BCUT2D eigenvalue weighted by atomic mass is 9.98. The Hall–Kier alpha value is -2.83. The Morgan fingerprint density at radius 2 is 1.43 bits per heavy atom. The minimum absolute atomic E-state index is 0.0260. The van der Waals surface area contributed by atoms with Crippen LogP contribution in [0.2, 0.25) is 0 Å². The third kappa shape index (κ3) is 3.61. The van der Waals surface area contributed by atoms with Gasteiger partial charge in [0.15, 0.2) is 0 Å². The molecule has 0 bridgehead atoms. The molecule has 1 N–H and O–H groups in total. The van der Waals surface area contributed by atoms with Gasteiger partial charge in [-0.3, -0.25) is 5.32 Å². The van der Waals surface area contributed by atoms with Gasteiger partial charge < -0.3 is 4.74 Å². The first-order chi connectivity index (χ1) is 13.4. The van der Waals surface area contributed by atoms with Crippen LogP contribution in [-0.2, 0) is 13.8 Å².